The molecular formula is C15H23ClN2O. The third-order valence-corrected chi connectivity index (χ3v) is 2.40. The molecule has 106 valence electrons. The van der Waals surface area contributed by atoms with Crippen molar-refractivity contribution in [3.05, 3.63) is 48.6 Å². The molecule has 0 aromatic heterocycles. The van der Waals surface area contributed by atoms with E-state index in [4.69, 9.17) is 11.6 Å². The molecule has 0 aliphatic heterocycles. The van der Waals surface area contributed by atoms with Crippen LogP contribution in [0.2, 0.25) is 0 Å². The number of hydrogen-bond donors (Lipinski definition) is 1. The molecule has 19 heavy (non-hydrogen) atoms. The van der Waals surface area contributed by atoms with Crippen molar-refractivity contribution in [3.8, 4) is 0 Å². The lowest BCUT2D eigenvalue weighted by molar-refractivity contribution is -0.116. The zero-order valence-electron chi connectivity index (χ0n) is 11.7. The maximum absolute atomic E-state index is 10.4. The first-order chi connectivity index (χ1) is 9.10. The molecule has 1 aromatic carbocycles. The molecule has 1 amide bonds. The fourth-order valence-electron chi connectivity index (χ4n) is 1.30. The van der Waals surface area contributed by atoms with E-state index in [9.17, 15) is 4.79 Å². The predicted octanol–water partition coefficient (Wildman–Crippen LogP) is 2.67. The number of nitrogens with zero attached hydrogens (tertiary/aromatic N) is 1. The lowest BCUT2D eigenvalue weighted by Crippen LogP contribution is -2.21. The second kappa shape index (κ2) is 11.8. The standard InChI is InChI=1S/C9H13N.C6H10ClNO/c1-10(2)8-9-6-4-3-5-7-9;1-2-6(9)8-5-3-4-7/h3-7H,8H2,1-2H3;2H,1,3-5H2,(H,8,9). The monoisotopic (exact) mass is 282 g/mol. The SMILES string of the molecule is C=CC(=O)NCCCCl.CN(C)Cc1ccccc1. The molecule has 1 N–H and O–H groups in total. The van der Waals surface area contributed by atoms with Gasteiger partial charge in [0, 0.05) is 19.0 Å². The average molecular weight is 283 g/mol. The highest BCUT2D eigenvalue weighted by Gasteiger charge is 1.90. The van der Waals surface area contributed by atoms with Crippen molar-refractivity contribution in [1.29, 1.82) is 0 Å². The van der Waals surface area contributed by atoms with E-state index in [1.807, 2.05) is 6.07 Å². The second-order valence-corrected chi connectivity index (χ2v) is 4.64. The molecule has 0 saturated heterocycles. The van der Waals surface area contributed by atoms with Gasteiger partial charge in [-0.2, -0.15) is 0 Å². The van der Waals surface area contributed by atoms with E-state index in [2.05, 4.69) is 55.2 Å². The topological polar surface area (TPSA) is 32.3 Å². The molecule has 0 radical (unpaired) electrons. The quantitative estimate of drug-likeness (QED) is 0.494. The molecule has 0 fully saturated rings. The molecular weight excluding hydrogens is 260 g/mol. The van der Waals surface area contributed by atoms with Crippen LogP contribution in [0.15, 0.2) is 43.0 Å². The number of rotatable bonds is 6. The van der Waals surface area contributed by atoms with Crippen molar-refractivity contribution in [2.45, 2.75) is 13.0 Å². The highest BCUT2D eigenvalue weighted by molar-refractivity contribution is 6.17. The van der Waals surface area contributed by atoms with E-state index in [-0.39, 0.29) is 5.91 Å². The molecule has 0 atom stereocenters. The Hall–Kier alpha value is -1.32. The van der Waals surface area contributed by atoms with Gasteiger partial charge in [-0.15, -0.1) is 11.6 Å². The van der Waals surface area contributed by atoms with Crippen LogP contribution in [0.3, 0.4) is 0 Å². The van der Waals surface area contributed by atoms with E-state index in [1.54, 1.807) is 0 Å². The predicted molar refractivity (Wildman–Crippen MR) is 82.4 cm³/mol. The van der Waals surface area contributed by atoms with Gasteiger partial charge in [0.15, 0.2) is 0 Å². The summed E-state index contributed by atoms with van der Waals surface area (Å²) in [4.78, 5) is 12.6. The van der Waals surface area contributed by atoms with Gasteiger partial charge < -0.3 is 10.2 Å². The Morgan fingerprint density at radius 2 is 2.00 bits per heavy atom. The summed E-state index contributed by atoms with van der Waals surface area (Å²) >= 11 is 5.35. The second-order valence-electron chi connectivity index (χ2n) is 4.26. The molecule has 0 bridgehead atoms. The normalized spacial score (nSPS) is 9.47. The Balaban J connectivity index is 0.000000344. The Kier molecular flexibility index (Phi) is 10.9. The molecule has 0 saturated carbocycles. The zero-order chi connectivity index (χ0) is 14.5. The van der Waals surface area contributed by atoms with Gasteiger partial charge in [-0.05, 0) is 32.2 Å². The summed E-state index contributed by atoms with van der Waals surface area (Å²) < 4.78 is 0. The number of alkyl halides is 1. The van der Waals surface area contributed by atoms with Gasteiger partial charge in [-0.1, -0.05) is 36.9 Å². The van der Waals surface area contributed by atoms with Crippen molar-refractivity contribution in [2.24, 2.45) is 0 Å². The van der Waals surface area contributed by atoms with Gasteiger partial charge in [-0.25, -0.2) is 0 Å². The van der Waals surface area contributed by atoms with E-state index < -0.39 is 0 Å². The highest BCUT2D eigenvalue weighted by atomic mass is 35.5. The molecule has 0 unspecified atom stereocenters. The van der Waals surface area contributed by atoms with Gasteiger partial charge in [0.2, 0.25) is 5.91 Å². The molecule has 1 rings (SSSR count). The Morgan fingerprint density at radius 3 is 2.47 bits per heavy atom. The van der Waals surface area contributed by atoms with Crippen LogP contribution < -0.4 is 5.32 Å². The van der Waals surface area contributed by atoms with Crippen LogP contribution in [0.4, 0.5) is 0 Å². The van der Waals surface area contributed by atoms with Gasteiger partial charge in [-0.3, -0.25) is 4.79 Å². The van der Waals surface area contributed by atoms with Gasteiger partial charge >= 0.3 is 0 Å². The van der Waals surface area contributed by atoms with Gasteiger partial charge in [0.1, 0.15) is 0 Å². The van der Waals surface area contributed by atoms with Crippen LogP contribution in [0.5, 0.6) is 0 Å². The molecule has 3 nitrogen and oxygen atoms in total. The number of halogens is 1. The summed E-state index contributed by atoms with van der Waals surface area (Å²) in [6.07, 6.45) is 2.05. The first-order valence-corrected chi connectivity index (χ1v) is 6.78. The van der Waals surface area contributed by atoms with Crippen molar-refractivity contribution in [3.63, 3.8) is 0 Å². The summed E-state index contributed by atoms with van der Waals surface area (Å²) in [6, 6.07) is 10.5. The minimum atomic E-state index is -0.139. The van der Waals surface area contributed by atoms with Crippen LogP contribution in [0.1, 0.15) is 12.0 Å². The van der Waals surface area contributed by atoms with E-state index >= 15 is 0 Å². The van der Waals surface area contributed by atoms with Crippen LogP contribution in [0, 0.1) is 0 Å². The van der Waals surface area contributed by atoms with Crippen LogP contribution >= 0.6 is 11.6 Å². The number of carbonyl (C=O) groups is 1. The van der Waals surface area contributed by atoms with Crippen LogP contribution in [0.25, 0.3) is 0 Å². The summed E-state index contributed by atoms with van der Waals surface area (Å²) in [5.41, 5.74) is 1.37. The van der Waals surface area contributed by atoms with Crippen LogP contribution in [-0.4, -0.2) is 37.3 Å². The summed E-state index contributed by atoms with van der Waals surface area (Å²) in [7, 11) is 4.15. The Labute approximate surface area is 121 Å². The van der Waals surface area contributed by atoms with Crippen LogP contribution in [-0.2, 0) is 11.3 Å². The highest BCUT2D eigenvalue weighted by Crippen LogP contribution is 1.99. The Bertz CT molecular complexity index is 352. The molecule has 0 aliphatic rings. The lowest BCUT2D eigenvalue weighted by Gasteiger charge is -2.08. The number of hydrogen-bond acceptors (Lipinski definition) is 2. The number of benzene rings is 1. The molecule has 1 aromatic rings. The summed E-state index contributed by atoms with van der Waals surface area (Å²) in [5, 5.41) is 2.59. The summed E-state index contributed by atoms with van der Waals surface area (Å²) in [6.45, 7) is 4.96. The number of nitrogens with one attached hydrogen (secondary N) is 1. The van der Waals surface area contributed by atoms with E-state index in [0.717, 1.165) is 13.0 Å². The molecule has 4 heteroatoms. The first-order valence-electron chi connectivity index (χ1n) is 6.25. The minimum Gasteiger partial charge on any atom is -0.353 e. The number of carbonyl (C=O) groups excluding carboxylic acids is 1. The smallest absolute Gasteiger partial charge is 0.243 e. The van der Waals surface area contributed by atoms with E-state index in [0.29, 0.717) is 12.4 Å². The lowest BCUT2D eigenvalue weighted by atomic mass is 10.2. The molecule has 0 aliphatic carbocycles. The third kappa shape index (κ3) is 11.5. The van der Waals surface area contributed by atoms with Crippen molar-refractivity contribution in [2.75, 3.05) is 26.5 Å². The van der Waals surface area contributed by atoms with Crippen molar-refractivity contribution < 1.29 is 4.79 Å². The molecule has 0 spiro atoms. The van der Waals surface area contributed by atoms with Crippen molar-refractivity contribution in [1.82, 2.24) is 10.2 Å². The van der Waals surface area contributed by atoms with E-state index in [1.165, 1.54) is 11.6 Å². The molecule has 0 heterocycles. The fourth-order valence-corrected chi connectivity index (χ4v) is 1.43. The summed E-state index contributed by atoms with van der Waals surface area (Å²) in [5.74, 6) is 0.442. The Morgan fingerprint density at radius 1 is 1.37 bits per heavy atom. The largest absolute Gasteiger partial charge is 0.353 e. The minimum absolute atomic E-state index is 0.139. The maximum Gasteiger partial charge on any atom is 0.243 e. The number of amides is 1. The third-order valence-electron chi connectivity index (χ3n) is 2.14. The first kappa shape index (κ1) is 17.7. The zero-order valence-corrected chi connectivity index (χ0v) is 12.5. The maximum atomic E-state index is 10.4. The fraction of sp³-hybridized carbons (Fsp3) is 0.400. The average Bonchev–Trinajstić information content (AvgIpc) is 2.40. The van der Waals surface area contributed by atoms with Gasteiger partial charge in [0.05, 0.1) is 0 Å². The van der Waals surface area contributed by atoms with Gasteiger partial charge in [0.25, 0.3) is 0 Å². The van der Waals surface area contributed by atoms with Crippen molar-refractivity contribution >= 4 is 17.5 Å².